The predicted molar refractivity (Wildman–Crippen MR) is 114 cm³/mol. The van der Waals surface area contributed by atoms with Crippen LogP contribution in [0.25, 0.3) is 0 Å². The van der Waals surface area contributed by atoms with Crippen LogP contribution in [0, 0.1) is 5.82 Å². The molecule has 1 N–H and O–H groups in total. The maximum atomic E-state index is 13.4. The minimum atomic E-state index is -0.175. The molecule has 7 heteroatoms. The third-order valence-electron chi connectivity index (χ3n) is 6.23. The van der Waals surface area contributed by atoms with Gasteiger partial charge < -0.3 is 15.1 Å². The van der Waals surface area contributed by atoms with Gasteiger partial charge in [0, 0.05) is 57.6 Å². The van der Waals surface area contributed by atoms with E-state index in [1.165, 1.54) is 18.4 Å². The highest BCUT2D eigenvalue weighted by molar-refractivity contribution is 5.80. The Bertz CT molecular complexity index is 809. The minimum absolute atomic E-state index is 0.0589. The second-order valence-corrected chi connectivity index (χ2v) is 7.92. The fourth-order valence-electron chi connectivity index (χ4n) is 4.58. The van der Waals surface area contributed by atoms with Gasteiger partial charge in [0.15, 0.2) is 5.96 Å². The van der Waals surface area contributed by atoms with Gasteiger partial charge in [0.2, 0.25) is 5.95 Å². The summed E-state index contributed by atoms with van der Waals surface area (Å²) in [6, 6.07) is 8.89. The van der Waals surface area contributed by atoms with Gasteiger partial charge in [-0.25, -0.2) is 14.4 Å². The van der Waals surface area contributed by atoms with Crippen LogP contribution in [0.4, 0.5) is 10.3 Å². The van der Waals surface area contributed by atoms with E-state index >= 15 is 0 Å². The third-order valence-corrected chi connectivity index (χ3v) is 6.23. The summed E-state index contributed by atoms with van der Waals surface area (Å²) in [5, 5.41) is 3.62. The van der Waals surface area contributed by atoms with Crippen LogP contribution in [0.1, 0.15) is 31.2 Å². The largest absolute Gasteiger partial charge is 0.355 e. The Kier molecular flexibility index (Phi) is 5.92. The second-order valence-electron chi connectivity index (χ2n) is 7.92. The SMILES string of the molecule is CN=C(NCC1(c2ccc(F)cc2)CCCC1)N1CCN(c2ncccn2)CC1. The van der Waals surface area contributed by atoms with Crippen LogP contribution in [0.15, 0.2) is 47.7 Å². The molecule has 0 unspecified atom stereocenters. The summed E-state index contributed by atoms with van der Waals surface area (Å²) in [6.07, 6.45) is 8.25. The van der Waals surface area contributed by atoms with Crippen molar-refractivity contribution in [2.45, 2.75) is 31.1 Å². The number of rotatable bonds is 4. The van der Waals surface area contributed by atoms with E-state index in [4.69, 9.17) is 0 Å². The summed E-state index contributed by atoms with van der Waals surface area (Å²) in [5.41, 5.74) is 1.29. The van der Waals surface area contributed by atoms with Crippen molar-refractivity contribution in [3.05, 3.63) is 54.1 Å². The molecule has 0 amide bonds. The van der Waals surface area contributed by atoms with E-state index in [0.29, 0.717) is 0 Å². The molecular formula is C22H29FN6. The lowest BCUT2D eigenvalue weighted by atomic mass is 9.79. The maximum absolute atomic E-state index is 13.4. The number of aliphatic imine (C=N–C) groups is 1. The van der Waals surface area contributed by atoms with Crippen LogP contribution >= 0.6 is 0 Å². The van der Waals surface area contributed by atoms with Crippen LogP contribution in [-0.2, 0) is 5.41 Å². The molecule has 6 nitrogen and oxygen atoms in total. The summed E-state index contributed by atoms with van der Waals surface area (Å²) in [4.78, 5) is 17.7. The molecule has 2 aromatic rings. The van der Waals surface area contributed by atoms with Crippen LogP contribution in [0.5, 0.6) is 0 Å². The smallest absolute Gasteiger partial charge is 0.225 e. The molecule has 29 heavy (non-hydrogen) atoms. The van der Waals surface area contributed by atoms with Gasteiger partial charge in [0.25, 0.3) is 0 Å². The maximum Gasteiger partial charge on any atom is 0.225 e. The molecule has 2 fully saturated rings. The standard InChI is InChI=1S/C22H29FN6/c1-24-20(28-13-15-29(16-14-28)21-25-11-4-12-26-21)27-17-22(9-2-3-10-22)18-5-7-19(23)8-6-18/h4-8,11-12H,2-3,9-10,13-17H2,1H3,(H,24,27). The van der Waals surface area contributed by atoms with Crippen molar-refractivity contribution in [1.29, 1.82) is 0 Å². The molecule has 1 aromatic heterocycles. The van der Waals surface area contributed by atoms with E-state index in [9.17, 15) is 4.39 Å². The number of nitrogens with zero attached hydrogens (tertiary/aromatic N) is 5. The molecular weight excluding hydrogens is 367 g/mol. The van der Waals surface area contributed by atoms with E-state index in [1.54, 1.807) is 24.5 Å². The number of benzene rings is 1. The highest BCUT2D eigenvalue weighted by Crippen LogP contribution is 2.40. The quantitative estimate of drug-likeness (QED) is 0.636. The first-order chi connectivity index (χ1) is 14.2. The van der Waals surface area contributed by atoms with Crippen molar-refractivity contribution in [2.24, 2.45) is 4.99 Å². The Labute approximate surface area is 171 Å². The topological polar surface area (TPSA) is 56.7 Å². The van der Waals surface area contributed by atoms with Crippen molar-refractivity contribution in [2.75, 3.05) is 44.7 Å². The number of anilines is 1. The summed E-state index contributed by atoms with van der Waals surface area (Å²) >= 11 is 0. The van der Waals surface area contributed by atoms with Crippen LogP contribution in [-0.4, -0.2) is 60.6 Å². The minimum Gasteiger partial charge on any atom is -0.355 e. The summed E-state index contributed by atoms with van der Waals surface area (Å²) in [6.45, 7) is 4.32. The van der Waals surface area contributed by atoms with Crippen molar-refractivity contribution in [1.82, 2.24) is 20.2 Å². The van der Waals surface area contributed by atoms with E-state index in [-0.39, 0.29) is 11.2 Å². The van der Waals surface area contributed by atoms with Crippen molar-refractivity contribution in [3.8, 4) is 0 Å². The van der Waals surface area contributed by atoms with Gasteiger partial charge in [-0.15, -0.1) is 0 Å². The lowest BCUT2D eigenvalue weighted by Crippen LogP contribution is -2.54. The molecule has 0 atom stereocenters. The number of hydrogen-bond acceptors (Lipinski definition) is 4. The third kappa shape index (κ3) is 4.33. The fourth-order valence-corrected chi connectivity index (χ4v) is 4.58. The van der Waals surface area contributed by atoms with Crippen molar-refractivity contribution < 1.29 is 4.39 Å². The monoisotopic (exact) mass is 396 g/mol. The number of hydrogen-bond donors (Lipinski definition) is 1. The Morgan fingerprint density at radius 3 is 2.34 bits per heavy atom. The van der Waals surface area contributed by atoms with Gasteiger partial charge in [-0.1, -0.05) is 25.0 Å². The van der Waals surface area contributed by atoms with Crippen LogP contribution in [0.3, 0.4) is 0 Å². The Balaban J connectivity index is 1.38. The zero-order valence-electron chi connectivity index (χ0n) is 17.0. The van der Waals surface area contributed by atoms with Gasteiger partial charge in [-0.2, -0.15) is 0 Å². The zero-order chi connectivity index (χ0) is 20.1. The van der Waals surface area contributed by atoms with Gasteiger partial charge in [0.1, 0.15) is 5.82 Å². The fraction of sp³-hybridized carbons (Fsp3) is 0.500. The molecule has 1 aromatic carbocycles. The second kappa shape index (κ2) is 8.76. The lowest BCUT2D eigenvalue weighted by Gasteiger charge is -2.38. The van der Waals surface area contributed by atoms with E-state index in [2.05, 4.69) is 30.1 Å². The van der Waals surface area contributed by atoms with Gasteiger partial charge in [0.05, 0.1) is 0 Å². The Hall–Kier alpha value is -2.70. The highest BCUT2D eigenvalue weighted by Gasteiger charge is 2.36. The highest BCUT2D eigenvalue weighted by atomic mass is 19.1. The molecule has 0 bridgehead atoms. The lowest BCUT2D eigenvalue weighted by molar-refractivity contribution is 0.357. The Morgan fingerprint density at radius 2 is 1.72 bits per heavy atom. The van der Waals surface area contributed by atoms with Gasteiger partial charge in [-0.3, -0.25) is 4.99 Å². The molecule has 4 rings (SSSR count). The van der Waals surface area contributed by atoms with Crippen molar-refractivity contribution in [3.63, 3.8) is 0 Å². The normalized spacial score (nSPS) is 19.4. The zero-order valence-corrected chi connectivity index (χ0v) is 17.0. The number of aromatic nitrogens is 2. The summed E-state index contributed by atoms with van der Waals surface area (Å²) in [5.74, 6) is 1.55. The van der Waals surface area contributed by atoms with Gasteiger partial charge in [-0.05, 0) is 36.6 Å². The molecule has 154 valence electrons. The molecule has 0 radical (unpaired) electrons. The first-order valence-corrected chi connectivity index (χ1v) is 10.4. The summed E-state index contributed by atoms with van der Waals surface area (Å²) in [7, 11) is 1.84. The average molecular weight is 397 g/mol. The number of guanidine groups is 1. The van der Waals surface area contributed by atoms with Crippen LogP contribution in [0.2, 0.25) is 0 Å². The average Bonchev–Trinajstić information content (AvgIpc) is 3.26. The molecule has 1 saturated heterocycles. The Morgan fingerprint density at radius 1 is 1.07 bits per heavy atom. The van der Waals surface area contributed by atoms with E-state index < -0.39 is 0 Å². The van der Waals surface area contributed by atoms with E-state index in [1.807, 2.05) is 25.2 Å². The molecule has 0 spiro atoms. The number of nitrogens with one attached hydrogen (secondary N) is 1. The van der Waals surface area contributed by atoms with Crippen LogP contribution < -0.4 is 10.2 Å². The first-order valence-electron chi connectivity index (χ1n) is 10.4. The number of halogens is 1. The molecule has 2 heterocycles. The molecule has 1 aliphatic heterocycles. The van der Waals surface area contributed by atoms with E-state index in [0.717, 1.165) is 57.5 Å². The molecule has 2 aliphatic rings. The summed E-state index contributed by atoms with van der Waals surface area (Å²) < 4.78 is 13.4. The first kappa shape index (κ1) is 19.6. The van der Waals surface area contributed by atoms with Gasteiger partial charge >= 0.3 is 0 Å². The number of piperazine rings is 1. The predicted octanol–water partition coefficient (Wildman–Crippen LogP) is 2.83. The molecule has 1 aliphatic carbocycles. The van der Waals surface area contributed by atoms with Crippen molar-refractivity contribution >= 4 is 11.9 Å². The molecule has 1 saturated carbocycles.